The van der Waals surface area contributed by atoms with Crippen LogP contribution in [0.15, 0.2) is 22.8 Å². The first kappa shape index (κ1) is 12.8. The molecule has 1 atom stereocenters. The summed E-state index contributed by atoms with van der Waals surface area (Å²) in [6, 6.07) is 4.52. The third-order valence-electron chi connectivity index (χ3n) is 2.77. The zero-order valence-electron chi connectivity index (χ0n) is 9.47. The van der Waals surface area contributed by atoms with Crippen LogP contribution in [0.3, 0.4) is 0 Å². The van der Waals surface area contributed by atoms with E-state index in [1.54, 1.807) is 18.2 Å². The van der Waals surface area contributed by atoms with E-state index in [-0.39, 0.29) is 5.91 Å². The first-order valence-corrected chi connectivity index (χ1v) is 6.30. The highest BCUT2D eigenvalue weighted by Gasteiger charge is 2.34. The van der Waals surface area contributed by atoms with Gasteiger partial charge in [-0.3, -0.25) is 9.69 Å². The van der Waals surface area contributed by atoms with E-state index in [0.717, 1.165) is 4.90 Å². The summed E-state index contributed by atoms with van der Waals surface area (Å²) in [7, 11) is 0. The van der Waals surface area contributed by atoms with E-state index in [9.17, 15) is 9.59 Å². The van der Waals surface area contributed by atoms with Crippen LogP contribution in [0.2, 0.25) is 0 Å². The Bertz CT molecular complexity index is 480. The van der Waals surface area contributed by atoms with Gasteiger partial charge in [0.25, 0.3) is 0 Å². The minimum Gasteiger partial charge on any atom is -0.465 e. The molecule has 18 heavy (non-hydrogen) atoms. The van der Waals surface area contributed by atoms with Crippen LogP contribution in [-0.4, -0.2) is 39.6 Å². The minimum absolute atomic E-state index is 0.333. The number of halogens is 1. The summed E-state index contributed by atoms with van der Waals surface area (Å²) >= 11 is 3.20. The predicted molar refractivity (Wildman–Crippen MR) is 68.3 cm³/mol. The van der Waals surface area contributed by atoms with Crippen LogP contribution in [0.4, 0.5) is 10.6 Å². The van der Waals surface area contributed by atoms with Gasteiger partial charge in [0.15, 0.2) is 0 Å². The zero-order chi connectivity index (χ0) is 13.1. The number of amides is 2. The van der Waals surface area contributed by atoms with Crippen molar-refractivity contribution >= 4 is 33.7 Å². The van der Waals surface area contributed by atoms with Crippen molar-refractivity contribution in [1.29, 1.82) is 0 Å². The average molecular weight is 314 g/mol. The molecule has 1 aliphatic heterocycles. The molecular weight excluding hydrogens is 302 g/mol. The summed E-state index contributed by atoms with van der Waals surface area (Å²) in [5.74, 6) is 0.0760. The molecule has 1 aromatic heterocycles. The van der Waals surface area contributed by atoms with Crippen LogP contribution in [0.1, 0.15) is 12.8 Å². The molecule has 0 saturated carbocycles. The van der Waals surface area contributed by atoms with Gasteiger partial charge in [0.2, 0.25) is 5.91 Å². The number of rotatable bonds is 2. The number of carbonyl (C=O) groups is 2. The minimum atomic E-state index is -1.06. The Kier molecular flexibility index (Phi) is 3.81. The number of nitrogens with one attached hydrogen (secondary N) is 1. The lowest BCUT2D eigenvalue weighted by Gasteiger charge is -2.20. The number of nitrogens with zero attached hydrogens (tertiary/aromatic N) is 2. The molecule has 2 amide bonds. The van der Waals surface area contributed by atoms with E-state index < -0.39 is 12.1 Å². The predicted octanol–water partition coefficient (Wildman–Crippen LogP) is 1.93. The summed E-state index contributed by atoms with van der Waals surface area (Å²) in [5.41, 5.74) is 0. The highest BCUT2D eigenvalue weighted by Crippen LogP contribution is 2.19. The number of pyridine rings is 1. The van der Waals surface area contributed by atoms with Crippen LogP contribution in [0.5, 0.6) is 0 Å². The van der Waals surface area contributed by atoms with Crippen LogP contribution >= 0.6 is 15.9 Å². The lowest BCUT2D eigenvalue weighted by Crippen LogP contribution is -2.42. The van der Waals surface area contributed by atoms with Crippen molar-refractivity contribution in [3.05, 3.63) is 22.8 Å². The van der Waals surface area contributed by atoms with Gasteiger partial charge in [-0.25, -0.2) is 9.78 Å². The van der Waals surface area contributed by atoms with Crippen molar-refractivity contribution in [2.75, 3.05) is 11.9 Å². The largest absolute Gasteiger partial charge is 0.465 e. The number of aromatic nitrogens is 1. The second-order valence-electron chi connectivity index (χ2n) is 3.97. The maximum absolute atomic E-state index is 12.0. The van der Waals surface area contributed by atoms with E-state index in [0.29, 0.717) is 29.8 Å². The lowest BCUT2D eigenvalue weighted by atomic mass is 10.2. The molecule has 1 fully saturated rings. The molecule has 2 heterocycles. The molecule has 2 rings (SSSR count). The molecule has 0 bridgehead atoms. The first-order chi connectivity index (χ1) is 8.58. The molecule has 96 valence electrons. The van der Waals surface area contributed by atoms with Gasteiger partial charge in [-0.2, -0.15) is 0 Å². The van der Waals surface area contributed by atoms with Gasteiger partial charge >= 0.3 is 6.09 Å². The first-order valence-electron chi connectivity index (χ1n) is 5.51. The molecule has 1 aromatic rings. The molecule has 0 spiro atoms. The van der Waals surface area contributed by atoms with Gasteiger partial charge in [-0.15, -0.1) is 0 Å². The molecule has 0 radical (unpaired) electrons. The fourth-order valence-corrected chi connectivity index (χ4v) is 2.30. The molecule has 7 heteroatoms. The van der Waals surface area contributed by atoms with Crippen LogP contribution in [0.25, 0.3) is 0 Å². The average Bonchev–Trinajstić information content (AvgIpc) is 2.77. The summed E-state index contributed by atoms with van der Waals surface area (Å²) in [5, 5.41) is 11.6. The van der Waals surface area contributed by atoms with E-state index >= 15 is 0 Å². The Balaban J connectivity index is 2.06. The Morgan fingerprint density at radius 2 is 2.28 bits per heavy atom. The quantitative estimate of drug-likeness (QED) is 0.817. The van der Waals surface area contributed by atoms with Crippen LogP contribution in [0, 0.1) is 0 Å². The smallest absolute Gasteiger partial charge is 0.407 e. The van der Waals surface area contributed by atoms with E-state index in [4.69, 9.17) is 5.11 Å². The zero-order valence-corrected chi connectivity index (χ0v) is 11.1. The highest BCUT2D eigenvalue weighted by molar-refractivity contribution is 9.10. The van der Waals surface area contributed by atoms with Gasteiger partial charge in [0.05, 0.1) is 0 Å². The van der Waals surface area contributed by atoms with E-state index in [1.807, 2.05) is 0 Å². The number of hydrogen-bond acceptors (Lipinski definition) is 3. The molecule has 0 aliphatic carbocycles. The number of carbonyl (C=O) groups excluding carboxylic acids is 1. The number of likely N-dealkylation sites (tertiary alicyclic amines) is 1. The number of anilines is 1. The standard InChI is InChI=1S/C11H12BrN3O3/c12-8-4-1-5-9(13-8)14-10(16)7-3-2-6-15(7)11(17)18/h1,4-5,7H,2-3,6H2,(H,17,18)(H,13,14,16). The van der Waals surface area contributed by atoms with Crippen LogP contribution in [-0.2, 0) is 4.79 Å². The normalized spacial score (nSPS) is 18.7. The Labute approximate surface area is 112 Å². The van der Waals surface area contributed by atoms with E-state index in [2.05, 4.69) is 26.2 Å². The van der Waals surface area contributed by atoms with Gasteiger partial charge in [-0.05, 0) is 40.9 Å². The topological polar surface area (TPSA) is 82.5 Å². The van der Waals surface area contributed by atoms with Gasteiger partial charge in [-0.1, -0.05) is 6.07 Å². The van der Waals surface area contributed by atoms with Gasteiger partial charge < -0.3 is 10.4 Å². The summed E-state index contributed by atoms with van der Waals surface area (Å²) < 4.78 is 0.613. The molecule has 2 N–H and O–H groups in total. The fourth-order valence-electron chi connectivity index (χ4n) is 1.96. The second-order valence-corrected chi connectivity index (χ2v) is 4.78. The van der Waals surface area contributed by atoms with Crippen molar-refractivity contribution in [3.63, 3.8) is 0 Å². The van der Waals surface area contributed by atoms with Crippen molar-refractivity contribution in [1.82, 2.24) is 9.88 Å². The summed E-state index contributed by atoms with van der Waals surface area (Å²) in [6.07, 6.45) is 0.192. The Hall–Kier alpha value is -1.63. The Morgan fingerprint density at radius 1 is 1.50 bits per heavy atom. The lowest BCUT2D eigenvalue weighted by molar-refractivity contribution is -0.119. The summed E-state index contributed by atoms with van der Waals surface area (Å²) in [4.78, 5) is 28.1. The molecule has 1 saturated heterocycles. The van der Waals surface area contributed by atoms with Crippen molar-refractivity contribution < 1.29 is 14.7 Å². The highest BCUT2D eigenvalue weighted by atomic mass is 79.9. The maximum atomic E-state index is 12.0. The summed E-state index contributed by atoms with van der Waals surface area (Å²) in [6.45, 7) is 0.402. The SMILES string of the molecule is O=C(Nc1cccc(Br)n1)C1CCCN1C(=O)O. The maximum Gasteiger partial charge on any atom is 0.407 e. The molecular formula is C11H12BrN3O3. The van der Waals surface area contributed by atoms with Crippen LogP contribution < -0.4 is 5.32 Å². The van der Waals surface area contributed by atoms with Crippen molar-refractivity contribution in [3.8, 4) is 0 Å². The van der Waals surface area contributed by atoms with Gasteiger partial charge in [0, 0.05) is 6.54 Å². The number of carboxylic acid groups (broad SMARTS) is 1. The van der Waals surface area contributed by atoms with Crippen molar-refractivity contribution in [2.24, 2.45) is 0 Å². The van der Waals surface area contributed by atoms with Crippen molar-refractivity contribution in [2.45, 2.75) is 18.9 Å². The third-order valence-corrected chi connectivity index (χ3v) is 3.21. The Morgan fingerprint density at radius 3 is 2.94 bits per heavy atom. The number of hydrogen-bond donors (Lipinski definition) is 2. The van der Waals surface area contributed by atoms with Gasteiger partial charge in [0.1, 0.15) is 16.5 Å². The third kappa shape index (κ3) is 2.79. The van der Waals surface area contributed by atoms with E-state index in [1.165, 1.54) is 0 Å². The molecule has 0 aromatic carbocycles. The molecule has 1 unspecified atom stereocenters. The monoisotopic (exact) mass is 313 g/mol. The fraction of sp³-hybridized carbons (Fsp3) is 0.364. The molecule has 6 nitrogen and oxygen atoms in total. The second kappa shape index (κ2) is 5.34. The molecule has 1 aliphatic rings.